The molecule has 0 bridgehead atoms. The first-order chi connectivity index (χ1) is 12.5. The maximum Gasteiger partial charge on any atom is 0.220 e. The molecule has 2 aromatic rings. The Balaban J connectivity index is 1.74. The van der Waals surface area contributed by atoms with Crippen molar-refractivity contribution in [2.45, 2.75) is 51.2 Å². The van der Waals surface area contributed by atoms with Crippen LogP contribution in [0.1, 0.15) is 38.1 Å². The summed E-state index contributed by atoms with van der Waals surface area (Å²) < 4.78 is 2.18. The molecule has 142 valence electrons. The molecule has 6 nitrogen and oxygen atoms in total. The second kappa shape index (κ2) is 10.2. The van der Waals surface area contributed by atoms with E-state index in [2.05, 4.69) is 33.9 Å². The third kappa shape index (κ3) is 6.05. The number of carbonyl (C=O) groups is 1. The number of nitrogens with zero attached hydrogens (tertiary/aromatic N) is 3. The quantitative estimate of drug-likeness (QED) is 0.492. The number of phenolic OH excluding ortho intramolecular Hbond substituents is 1. The molecule has 0 aliphatic rings. The minimum atomic E-state index is 0.00158. The van der Waals surface area contributed by atoms with Crippen molar-refractivity contribution in [3.63, 3.8) is 0 Å². The van der Waals surface area contributed by atoms with Gasteiger partial charge in [0, 0.05) is 25.9 Å². The predicted octanol–water partition coefficient (Wildman–Crippen LogP) is 3.04. The van der Waals surface area contributed by atoms with Crippen molar-refractivity contribution in [1.29, 1.82) is 0 Å². The Bertz CT molecular complexity index is 715. The van der Waals surface area contributed by atoms with E-state index in [9.17, 15) is 9.90 Å². The average Bonchev–Trinajstić information content (AvgIpc) is 2.99. The average molecular weight is 377 g/mol. The molecule has 1 aromatic heterocycles. The van der Waals surface area contributed by atoms with E-state index in [1.807, 2.05) is 18.4 Å². The van der Waals surface area contributed by atoms with E-state index in [1.54, 1.807) is 23.9 Å². The zero-order valence-corrected chi connectivity index (χ0v) is 16.6. The summed E-state index contributed by atoms with van der Waals surface area (Å²) >= 11 is 1.61. The van der Waals surface area contributed by atoms with Crippen LogP contribution in [0.4, 0.5) is 0 Å². The maximum atomic E-state index is 12.0. The van der Waals surface area contributed by atoms with Crippen molar-refractivity contribution in [3.8, 4) is 5.75 Å². The van der Waals surface area contributed by atoms with Crippen LogP contribution in [0, 0.1) is 5.92 Å². The first-order valence-electron chi connectivity index (χ1n) is 9.01. The van der Waals surface area contributed by atoms with E-state index in [0.29, 0.717) is 25.3 Å². The molecular weight excluding hydrogens is 348 g/mol. The van der Waals surface area contributed by atoms with Gasteiger partial charge in [0.1, 0.15) is 11.6 Å². The number of carbonyl (C=O) groups excluding carboxylic acids is 1. The van der Waals surface area contributed by atoms with Gasteiger partial charge in [-0.3, -0.25) is 4.79 Å². The number of rotatable bonds is 10. The molecule has 1 heterocycles. The number of hydrogen-bond acceptors (Lipinski definition) is 5. The molecule has 0 atom stereocenters. The molecule has 0 unspecified atom stereocenters. The minimum absolute atomic E-state index is 0.00158. The first-order valence-corrected chi connectivity index (χ1v) is 10.2. The van der Waals surface area contributed by atoms with Crippen LogP contribution in [0.25, 0.3) is 0 Å². The normalized spacial score (nSPS) is 11.1. The van der Waals surface area contributed by atoms with Gasteiger partial charge in [0.15, 0.2) is 5.16 Å². The summed E-state index contributed by atoms with van der Waals surface area (Å²) in [6.07, 6.45) is 4.54. The SMILES string of the molecule is CSc1nnc(CCCNC(=O)CCc2ccccc2O)n1CC(C)C. The second-order valence-corrected chi connectivity index (χ2v) is 7.46. The number of thioether (sulfide) groups is 1. The van der Waals surface area contributed by atoms with Gasteiger partial charge in [0.05, 0.1) is 0 Å². The van der Waals surface area contributed by atoms with Gasteiger partial charge < -0.3 is 15.0 Å². The van der Waals surface area contributed by atoms with Crippen LogP contribution < -0.4 is 5.32 Å². The van der Waals surface area contributed by atoms with Gasteiger partial charge in [0.2, 0.25) is 5.91 Å². The second-order valence-electron chi connectivity index (χ2n) is 6.69. The molecule has 0 aliphatic carbocycles. The summed E-state index contributed by atoms with van der Waals surface area (Å²) in [4.78, 5) is 12.0. The maximum absolute atomic E-state index is 12.0. The lowest BCUT2D eigenvalue weighted by atomic mass is 10.1. The number of para-hydroxylation sites is 1. The summed E-state index contributed by atoms with van der Waals surface area (Å²) in [5.74, 6) is 1.76. The van der Waals surface area contributed by atoms with Crippen molar-refractivity contribution >= 4 is 17.7 Å². The van der Waals surface area contributed by atoms with E-state index in [0.717, 1.165) is 35.9 Å². The number of aromatic hydroxyl groups is 1. The molecule has 2 N–H and O–H groups in total. The summed E-state index contributed by atoms with van der Waals surface area (Å²) in [6, 6.07) is 7.12. The molecule has 0 spiro atoms. The van der Waals surface area contributed by atoms with Crippen LogP contribution in [0.15, 0.2) is 29.4 Å². The van der Waals surface area contributed by atoms with E-state index in [-0.39, 0.29) is 11.7 Å². The van der Waals surface area contributed by atoms with E-state index in [1.165, 1.54) is 0 Å². The number of nitrogens with one attached hydrogen (secondary N) is 1. The monoisotopic (exact) mass is 376 g/mol. The highest BCUT2D eigenvalue weighted by atomic mass is 32.2. The fraction of sp³-hybridized carbons (Fsp3) is 0.526. The fourth-order valence-electron chi connectivity index (χ4n) is 2.74. The summed E-state index contributed by atoms with van der Waals surface area (Å²) in [5.41, 5.74) is 0.800. The molecule has 2 rings (SSSR count). The topological polar surface area (TPSA) is 80.0 Å². The first kappa shape index (κ1) is 20.3. The zero-order valence-electron chi connectivity index (χ0n) is 15.7. The molecule has 1 amide bonds. The minimum Gasteiger partial charge on any atom is -0.508 e. The smallest absolute Gasteiger partial charge is 0.220 e. The lowest BCUT2D eigenvalue weighted by molar-refractivity contribution is -0.121. The van der Waals surface area contributed by atoms with E-state index >= 15 is 0 Å². The molecule has 26 heavy (non-hydrogen) atoms. The van der Waals surface area contributed by atoms with Crippen LogP contribution in [-0.2, 0) is 24.2 Å². The Kier molecular flexibility index (Phi) is 7.97. The summed E-state index contributed by atoms with van der Waals surface area (Å²) in [6.45, 7) is 5.88. The molecular formula is C19H28N4O2S. The fourth-order valence-corrected chi connectivity index (χ4v) is 3.26. The molecule has 0 radical (unpaired) electrons. The van der Waals surface area contributed by atoms with Gasteiger partial charge in [-0.2, -0.15) is 0 Å². The molecule has 0 fully saturated rings. The van der Waals surface area contributed by atoms with Gasteiger partial charge in [0.25, 0.3) is 0 Å². The number of benzene rings is 1. The van der Waals surface area contributed by atoms with Crippen molar-refractivity contribution < 1.29 is 9.90 Å². The number of aromatic nitrogens is 3. The zero-order chi connectivity index (χ0) is 18.9. The third-order valence-corrected chi connectivity index (χ3v) is 4.70. The van der Waals surface area contributed by atoms with Gasteiger partial charge in [-0.1, -0.05) is 43.8 Å². The number of amides is 1. The summed E-state index contributed by atoms with van der Waals surface area (Å²) in [7, 11) is 0. The Morgan fingerprint density at radius 1 is 1.27 bits per heavy atom. The molecule has 7 heteroatoms. The van der Waals surface area contributed by atoms with Crippen molar-refractivity contribution in [3.05, 3.63) is 35.7 Å². The van der Waals surface area contributed by atoms with Crippen LogP contribution in [0.3, 0.4) is 0 Å². The van der Waals surface area contributed by atoms with Gasteiger partial charge in [-0.25, -0.2) is 0 Å². The van der Waals surface area contributed by atoms with Crippen LogP contribution >= 0.6 is 11.8 Å². The Hall–Kier alpha value is -2.02. The van der Waals surface area contributed by atoms with Crippen LogP contribution in [-0.4, -0.2) is 38.6 Å². The van der Waals surface area contributed by atoms with E-state index in [4.69, 9.17) is 0 Å². The number of hydrogen-bond donors (Lipinski definition) is 2. The molecule has 0 saturated heterocycles. The Morgan fingerprint density at radius 3 is 2.73 bits per heavy atom. The standard InChI is InChI=1S/C19H28N4O2S/c1-14(2)13-23-17(21-22-19(23)26-3)9-6-12-20-18(25)11-10-15-7-4-5-8-16(15)24/h4-5,7-8,14,24H,6,9-13H2,1-3H3,(H,20,25). The third-order valence-electron chi connectivity index (χ3n) is 4.04. The highest BCUT2D eigenvalue weighted by Crippen LogP contribution is 2.18. The summed E-state index contributed by atoms with van der Waals surface area (Å²) in [5, 5.41) is 22.1. The lowest BCUT2D eigenvalue weighted by Crippen LogP contribution is -2.25. The highest BCUT2D eigenvalue weighted by molar-refractivity contribution is 7.98. The Morgan fingerprint density at radius 2 is 2.04 bits per heavy atom. The van der Waals surface area contributed by atoms with Gasteiger partial charge in [-0.15, -0.1) is 10.2 Å². The van der Waals surface area contributed by atoms with Gasteiger partial charge >= 0.3 is 0 Å². The number of phenols is 1. The largest absolute Gasteiger partial charge is 0.508 e. The lowest BCUT2D eigenvalue weighted by Gasteiger charge is -2.11. The molecule has 0 saturated carbocycles. The van der Waals surface area contributed by atoms with Crippen molar-refractivity contribution in [2.24, 2.45) is 5.92 Å². The van der Waals surface area contributed by atoms with Crippen LogP contribution in [0.2, 0.25) is 0 Å². The Labute approximate surface area is 159 Å². The molecule has 1 aromatic carbocycles. The van der Waals surface area contributed by atoms with Crippen LogP contribution in [0.5, 0.6) is 5.75 Å². The van der Waals surface area contributed by atoms with Crippen molar-refractivity contribution in [2.75, 3.05) is 12.8 Å². The number of aryl methyl sites for hydroxylation is 2. The predicted molar refractivity (Wildman–Crippen MR) is 104 cm³/mol. The van der Waals surface area contributed by atoms with Gasteiger partial charge in [-0.05, 0) is 36.6 Å². The molecule has 0 aliphatic heterocycles. The van der Waals surface area contributed by atoms with Crippen molar-refractivity contribution in [1.82, 2.24) is 20.1 Å². The van der Waals surface area contributed by atoms with E-state index < -0.39 is 0 Å². The highest BCUT2D eigenvalue weighted by Gasteiger charge is 2.12.